The molecule has 9 nitrogen and oxygen atoms in total. The molecular weight excluding hydrogens is 384 g/mol. The number of hydrogen-bond donors (Lipinski definition) is 5. The third kappa shape index (κ3) is 4.06. The van der Waals surface area contributed by atoms with Gasteiger partial charge in [0, 0.05) is 34.8 Å². The summed E-state index contributed by atoms with van der Waals surface area (Å²) in [6.07, 6.45) is -1.80. The summed E-state index contributed by atoms with van der Waals surface area (Å²) in [5.74, 6) is -0.119. The summed E-state index contributed by atoms with van der Waals surface area (Å²) < 4.78 is 5.95. The molecule has 0 radical (unpaired) electrons. The standard InChI is InChI=1S/C18H24N4O5S/c1-2-28(6-4-11(20)18(25)26)8-12-15(23)16(24)17(27-12)14-13-9(7-22-14)10(19)3-5-21-13/h2-3,5,11-12,15-17,23-24H,1,4,6-8,20H2,(H2-,19,21,25,26)/p+1/t11?,12-,15?,16+,17+,28?/m1/s1. The van der Waals surface area contributed by atoms with Crippen molar-refractivity contribution < 1.29 is 24.9 Å². The van der Waals surface area contributed by atoms with Gasteiger partial charge < -0.3 is 31.5 Å². The Morgan fingerprint density at radius 2 is 2.21 bits per heavy atom. The van der Waals surface area contributed by atoms with Crippen LogP contribution < -0.4 is 11.5 Å². The van der Waals surface area contributed by atoms with Crippen LogP contribution in [0.1, 0.15) is 17.7 Å². The molecule has 1 aromatic rings. The number of aliphatic carboxylic acids is 1. The first-order chi connectivity index (χ1) is 13.3. The van der Waals surface area contributed by atoms with E-state index in [0.717, 1.165) is 5.56 Å². The molecule has 2 aliphatic heterocycles. The van der Waals surface area contributed by atoms with Gasteiger partial charge in [0.2, 0.25) is 0 Å². The molecule has 0 amide bonds. The molecule has 0 spiro atoms. The largest absolute Gasteiger partial charge is 0.480 e. The normalized spacial score (nSPS) is 28.5. The van der Waals surface area contributed by atoms with Crippen LogP contribution >= 0.6 is 0 Å². The molecular formula is C18H25N4O5S+. The van der Waals surface area contributed by atoms with Gasteiger partial charge in [-0.15, -0.1) is 0 Å². The highest BCUT2D eigenvalue weighted by atomic mass is 32.2. The maximum atomic E-state index is 10.9. The van der Waals surface area contributed by atoms with Crippen LogP contribution in [0.2, 0.25) is 0 Å². The van der Waals surface area contributed by atoms with Gasteiger partial charge in [0.25, 0.3) is 0 Å². The minimum atomic E-state index is -1.14. The Kier molecular flexibility index (Phi) is 6.36. The van der Waals surface area contributed by atoms with Gasteiger partial charge in [-0.05, 0) is 6.07 Å². The Balaban J connectivity index is 1.67. The average molecular weight is 409 g/mol. The monoisotopic (exact) mass is 409 g/mol. The summed E-state index contributed by atoms with van der Waals surface area (Å²) in [4.78, 5) is 19.6. The van der Waals surface area contributed by atoms with Crippen LogP contribution in [0.3, 0.4) is 0 Å². The van der Waals surface area contributed by atoms with E-state index in [0.29, 0.717) is 41.6 Å². The van der Waals surface area contributed by atoms with E-state index < -0.39 is 47.3 Å². The number of nitrogens with two attached hydrogens (primary N) is 2. The zero-order valence-electron chi connectivity index (χ0n) is 15.3. The third-order valence-corrected chi connectivity index (χ3v) is 6.98. The highest BCUT2D eigenvalue weighted by molar-refractivity contribution is 7.99. The van der Waals surface area contributed by atoms with Gasteiger partial charge in [-0.1, -0.05) is 6.58 Å². The van der Waals surface area contributed by atoms with E-state index in [2.05, 4.69) is 16.6 Å². The number of carboxylic acid groups (broad SMARTS) is 1. The minimum absolute atomic E-state index is 0.294. The molecule has 0 saturated carbocycles. The second-order valence-electron chi connectivity index (χ2n) is 6.81. The molecule has 1 saturated heterocycles. The maximum Gasteiger partial charge on any atom is 0.320 e. The number of hydrogen-bond acceptors (Lipinski definition) is 8. The molecule has 152 valence electrons. The van der Waals surface area contributed by atoms with Crippen molar-refractivity contribution in [1.82, 2.24) is 4.98 Å². The fraction of sp³-hybridized carbons (Fsp3) is 0.500. The van der Waals surface area contributed by atoms with E-state index >= 15 is 0 Å². The molecule has 2 aliphatic rings. The third-order valence-electron chi connectivity index (χ3n) is 5.00. The van der Waals surface area contributed by atoms with E-state index in [-0.39, 0.29) is 0 Å². The molecule has 7 N–H and O–H groups in total. The Morgan fingerprint density at radius 3 is 2.89 bits per heavy atom. The lowest BCUT2D eigenvalue weighted by atomic mass is 10.0. The van der Waals surface area contributed by atoms with Crippen LogP contribution in [0.25, 0.3) is 0 Å². The number of aliphatic imine (C=N–C) groups is 1. The highest BCUT2D eigenvalue weighted by Gasteiger charge is 2.49. The average Bonchev–Trinajstić information content (AvgIpc) is 3.21. The lowest BCUT2D eigenvalue weighted by Gasteiger charge is -2.15. The Hall–Kier alpha value is -1.98. The van der Waals surface area contributed by atoms with Crippen LogP contribution in [0.15, 0.2) is 29.2 Å². The molecule has 3 rings (SSSR count). The number of nitrogen functional groups attached to an aromatic ring is 1. The molecule has 3 heterocycles. The molecule has 1 fully saturated rings. The fourth-order valence-corrected chi connectivity index (χ4v) is 5.04. The minimum Gasteiger partial charge on any atom is -0.480 e. The first kappa shape index (κ1) is 20.7. The van der Waals surface area contributed by atoms with E-state index in [1.807, 2.05) is 0 Å². The lowest BCUT2D eigenvalue weighted by Crippen LogP contribution is -2.38. The Labute approximate surface area is 165 Å². The molecule has 3 unspecified atom stereocenters. The van der Waals surface area contributed by atoms with Gasteiger partial charge in [-0.2, -0.15) is 0 Å². The number of rotatable bonds is 8. The Bertz CT molecular complexity index is 789. The first-order valence-electron chi connectivity index (χ1n) is 8.90. The number of aliphatic hydroxyl groups is 2. The Morgan fingerprint density at radius 1 is 1.46 bits per heavy atom. The molecule has 28 heavy (non-hydrogen) atoms. The highest BCUT2D eigenvalue weighted by Crippen LogP contribution is 2.31. The number of carboxylic acids is 1. The van der Waals surface area contributed by atoms with Crippen LogP contribution in [0.5, 0.6) is 0 Å². The van der Waals surface area contributed by atoms with Crippen molar-refractivity contribution in [2.45, 2.75) is 43.4 Å². The quantitative estimate of drug-likeness (QED) is 0.342. The lowest BCUT2D eigenvalue weighted by molar-refractivity contribution is -0.138. The van der Waals surface area contributed by atoms with Gasteiger partial charge in [-0.25, -0.2) is 0 Å². The van der Waals surface area contributed by atoms with Crippen LogP contribution in [-0.2, 0) is 27.0 Å². The summed E-state index contributed by atoms with van der Waals surface area (Å²) in [5.41, 5.74) is 14.0. The predicted octanol–water partition coefficient (Wildman–Crippen LogP) is -0.980. The van der Waals surface area contributed by atoms with Crippen LogP contribution in [-0.4, -0.2) is 73.9 Å². The number of ether oxygens (including phenoxy) is 1. The predicted molar refractivity (Wildman–Crippen MR) is 107 cm³/mol. The molecule has 10 heteroatoms. The van der Waals surface area contributed by atoms with E-state index in [1.54, 1.807) is 17.7 Å². The summed E-state index contributed by atoms with van der Waals surface area (Å²) in [5, 5.41) is 31.6. The first-order valence-corrected chi connectivity index (χ1v) is 10.5. The van der Waals surface area contributed by atoms with Crippen molar-refractivity contribution in [2.75, 3.05) is 17.2 Å². The number of aromatic nitrogens is 1. The molecule has 0 aromatic carbocycles. The van der Waals surface area contributed by atoms with Gasteiger partial charge >= 0.3 is 5.97 Å². The van der Waals surface area contributed by atoms with Crippen molar-refractivity contribution in [2.24, 2.45) is 10.7 Å². The fourth-order valence-electron chi connectivity index (χ4n) is 3.32. The van der Waals surface area contributed by atoms with Gasteiger partial charge in [-0.3, -0.25) is 14.8 Å². The van der Waals surface area contributed by atoms with E-state index in [1.165, 1.54) is 0 Å². The van der Waals surface area contributed by atoms with Crippen molar-refractivity contribution in [3.05, 3.63) is 35.5 Å². The number of pyridine rings is 1. The van der Waals surface area contributed by atoms with Crippen molar-refractivity contribution in [3.8, 4) is 0 Å². The van der Waals surface area contributed by atoms with Gasteiger partial charge in [0.15, 0.2) is 0 Å². The zero-order chi connectivity index (χ0) is 20.4. The SMILES string of the molecule is C=C[S+](CCC(N)C(=O)O)C[C@H]1O[C@@H](C2=NCc3c(N)ccnc32)[C@@H](O)C1O. The molecule has 6 atom stereocenters. The van der Waals surface area contributed by atoms with Gasteiger partial charge in [0.05, 0.1) is 18.0 Å². The van der Waals surface area contributed by atoms with Crippen molar-refractivity contribution in [3.63, 3.8) is 0 Å². The second kappa shape index (κ2) is 8.58. The van der Waals surface area contributed by atoms with Gasteiger partial charge in [0.1, 0.15) is 47.4 Å². The maximum absolute atomic E-state index is 10.9. The van der Waals surface area contributed by atoms with Crippen molar-refractivity contribution >= 4 is 28.3 Å². The van der Waals surface area contributed by atoms with Crippen LogP contribution in [0.4, 0.5) is 5.69 Å². The number of nitrogens with zero attached hydrogens (tertiary/aromatic N) is 2. The number of carbonyl (C=O) groups is 1. The number of anilines is 1. The summed E-state index contributed by atoms with van der Waals surface area (Å²) in [7, 11) is -0.410. The smallest absolute Gasteiger partial charge is 0.320 e. The van der Waals surface area contributed by atoms with E-state index in [9.17, 15) is 15.0 Å². The van der Waals surface area contributed by atoms with Crippen LogP contribution in [0, 0.1) is 0 Å². The summed E-state index contributed by atoms with van der Waals surface area (Å²) >= 11 is 0. The summed E-state index contributed by atoms with van der Waals surface area (Å²) in [6, 6.07) is 0.752. The molecule has 0 bridgehead atoms. The second-order valence-corrected chi connectivity index (χ2v) is 8.96. The van der Waals surface area contributed by atoms with Crippen molar-refractivity contribution in [1.29, 1.82) is 0 Å². The summed E-state index contributed by atoms with van der Waals surface area (Å²) in [6.45, 7) is 4.15. The number of aliphatic hydroxyl groups excluding tert-OH is 2. The molecule has 0 aliphatic carbocycles. The molecule has 1 aromatic heterocycles. The topological polar surface area (TPSA) is 164 Å². The van der Waals surface area contributed by atoms with E-state index in [4.69, 9.17) is 21.3 Å². The zero-order valence-corrected chi connectivity index (χ0v) is 16.1. The number of fused-ring (bicyclic) bond motifs is 1.